The summed E-state index contributed by atoms with van der Waals surface area (Å²) in [6.07, 6.45) is 3.36. The Bertz CT molecular complexity index is 934. The first kappa shape index (κ1) is 25.2. The van der Waals surface area contributed by atoms with Crippen LogP contribution in [0.25, 0.3) is 0 Å². The van der Waals surface area contributed by atoms with Gasteiger partial charge in [-0.15, -0.1) is 11.5 Å². The fourth-order valence-electron chi connectivity index (χ4n) is 4.68. The molecule has 3 aromatic carbocycles. The second-order valence-electron chi connectivity index (χ2n) is 10.0. The van der Waals surface area contributed by atoms with Crippen LogP contribution in [-0.2, 0) is 0 Å². The lowest BCUT2D eigenvalue weighted by atomic mass is 10.1. The molecule has 3 rings (SSSR count). The van der Waals surface area contributed by atoms with Gasteiger partial charge in [-0.3, -0.25) is 0 Å². The maximum absolute atomic E-state index is 11.1. The Morgan fingerprint density at radius 2 is 1.15 bits per heavy atom. The summed E-state index contributed by atoms with van der Waals surface area (Å²) in [6.45, 7) is 9.11. The summed E-state index contributed by atoms with van der Waals surface area (Å²) in [5.41, 5.74) is 3.80. The van der Waals surface area contributed by atoms with Gasteiger partial charge in [-0.2, -0.15) is 0 Å². The number of aliphatic hydroxyl groups is 1. The van der Waals surface area contributed by atoms with Crippen molar-refractivity contribution in [3.8, 4) is 11.5 Å². The molecule has 33 heavy (non-hydrogen) atoms. The zero-order valence-electron chi connectivity index (χ0n) is 20.6. The van der Waals surface area contributed by atoms with Crippen molar-refractivity contribution in [2.45, 2.75) is 63.9 Å². The highest BCUT2D eigenvalue weighted by Crippen LogP contribution is 2.29. The maximum atomic E-state index is 11.1. The molecule has 172 valence electrons. The van der Waals surface area contributed by atoms with Crippen LogP contribution in [-0.4, -0.2) is 27.4 Å². The molecule has 0 saturated carbocycles. The van der Waals surface area contributed by atoms with Gasteiger partial charge < -0.3 is 5.11 Å². The van der Waals surface area contributed by atoms with E-state index in [4.69, 9.17) is 0 Å². The zero-order valence-corrected chi connectivity index (χ0v) is 22.6. The van der Waals surface area contributed by atoms with E-state index in [-0.39, 0.29) is 11.6 Å². The van der Waals surface area contributed by atoms with E-state index in [1.807, 2.05) is 0 Å². The molecule has 0 aliphatic heterocycles. The first-order valence-electron chi connectivity index (χ1n) is 12.2. The molecule has 0 radical (unpaired) electrons. The van der Waals surface area contributed by atoms with Crippen LogP contribution in [0.4, 0.5) is 0 Å². The van der Waals surface area contributed by atoms with Crippen molar-refractivity contribution < 1.29 is 5.11 Å². The third-order valence-corrected chi connectivity index (χ3v) is 12.3. The van der Waals surface area contributed by atoms with E-state index in [9.17, 15) is 5.11 Å². The van der Waals surface area contributed by atoms with Gasteiger partial charge in [0.1, 0.15) is 8.07 Å². The molecule has 0 aromatic heterocycles. The van der Waals surface area contributed by atoms with E-state index < -0.39 is 16.1 Å². The summed E-state index contributed by atoms with van der Waals surface area (Å²) >= 11 is 0. The monoisotopic (exact) mass is 470 g/mol. The van der Waals surface area contributed by atoms with Gasteiger partial charge in [0.05, 0.1) is 6.10 Å². The molecule has 0 heterocycles. The molecule has 3 aromatic rings. The van der Waals surface area contributed by atoms with Crippen LogP contribution >= 0.6 is 0 Å². The fourth-order valence-corrected chi connectivity index (χ4v) is 10.7. The molecule has 0 amide bonds. The highest BCUT2D eigenvalue weighted by molar-refractivity contribution is 7.12. The smallest absolute Gasteiger partial charge is 0.163 e. The Morgan fingerprint density at radius 1 is 0.727 bits per heavy atom. The molecule has 0 aliphatic carbocycles. The second-order valence-corrected chi connectivity index (χ2v) is 18.8. The van der Waals surface area contributed by atoms with Crippen LogP contribution in [0.5, 0.6) is 0 Å². The van der Waals surface area contributed by atoms with Gasteiger partial charge in [-0.1, -0.05) is 130 Å². The molecule has 0 unspecified atom stereocenters. The second kappa shape index (κ2) is 11.7. The Morgan fingerprint density at radius 3 is 1.52 bits per heavy atom. The summed E-state index contributed by atoms with van der Waals surface area (Å²) < 4.78 is 0. The molecule has 1 N–H and O–H groups in total. The Kier molecular flexibility index (Phi) is 8.91. The van der Waals surface area contributed by atoms with Gasteiger partial charge >= 0.3 is 0 Å². The van der Waals surface area contributed by atoms with Gasteiger partial charge in [0.2, 0.25) is 0 Å². The first-order valence-corrected chi connectivity index (χ1v) is 17.8. The molecule has 0 aliphatic rings. The van der Waals surface area contributed by atoms with Gasteiger partial charge in [0.15, 0.2) is 8.07 Å². The van der Waals surface area contributed by atoms with Gasteiger partial charge in [-0.05, 0) is 28.4 Å². The van der Waals surface area contributed by atoms with E-state index >= 15 is 0 Å². The average Bonchev–Trinajstić information content (AvgIpc) is 2.83. The largest absolute Gasteiger partial charge is 0.393 e. The van der Waals surface area contributed by atoms with Crippen molar-refractivity contribution in [2.75, 3.05) is 0 Å². The third kappa shape index (κ3) is 6.35. The van der Waals surface area contributed by atoms with Crippen molar-refractivity contribution in [2.24, 2.45) is 0 Å². The minimum Gasteiger partial charge on any atom is -0.393 e. The van der Waals surface area contributed by atoms with Crippen molar-refractivity contribution in [3.63, 3.8) is 0 Å². The average molecular weight is 471 g/mol. The Labute approximate surface area is 202 Å². The molecule has 2 atom stereocenters. The standard InChI is InChI=1S/C30H38OSi2/c1-5-6-16-26(31)25-30(23-24-32(2,3)4)33(27-17-10-7-11-18-27,28-19-12-8-13-20-28)29-21-14-9-15-22-29/h7-15,17-22,26,30-31H,5-6,16,25H2,1-4H3/t26-,30+/m1/s1. The lowest BCUT2D eigenvalue weighted by Gasteiger charge is -2.39. The van der Waals surface area contributed by atoms with E-state index in [0.29, 0.717) is 6.42 Å². The lowest BCUT2D eigenvalue weighted by molar-refractivity contribution is 0.153. The van der Waals surface area contributed by atoms with Gasteiger partial charge in [0.25, 0.3) is 0 Å². The molecule has 0 bridgehead atoms. The van der Waals surface area contributed by atoms with Crippen molar-refractivity contribution in [3.05, 3.63) is 91.0 Å². The van der Waals surface area contributed by atoms with Gasteiger partial charge in [-0.25, -0.2) is 0 Å². The summed E-state index contributed by atoms with van der Waals surface area (Å²) in [6, 6.07) is 32.9. The predicted octanol–water partition coefficient (Wildman–Crippen LogP) is 5.35. The van der Waals surface area contributed by atoms with E-state index in [2.05, 4.69) is 129 Å². The number of benzene rings is 3. The molecule has 3 heteroatoms. The number of unbranched alkanes of at least 4 members (excludes halogenated alkanes) is 1. The van der Waals surface area contributed by atoms with Crippen molar-refractivity contribution in [1.29, 1.82) is 0 Å². The highest BCUT2D eigenvalue weighted by Gasteiger charge is 2.46. The third-order valence-electron chi connectivity index (χ3n) is 6.23. The van der Waals surface area contributed by atoms with Crippen molar-refractivity contribution >= 4 is 31.7 Å². The van der Waals surface area contributed by atoms with Gasteiger partial charge in [0, 0.05) is 5.54 Å². The fraction of sp³-hybridized carbons (Fsp3) is 0.333. The first-order chi connectivity index (χ1) is 15.9. The van der Waals surface area contributed by atoms with Crippen LogP contribution < -0.4 is 15.6 Å². The van der Waals surface area contributed by atoms with Crippen LogP contribution in [0.3, 0.4) is 0 Å². The summed E-state index contributed by atoms with van der Waals surface area (Å²) in [5, 5.41) is 15.2. The van der Waals surface area contributed by atoms with Crippen LogP contribution in [0, 0.1) is 11.5 Å². The minimum atomic E-state index is -2.57. The van der Waals surface area contributed by atoms with Crippen LogP contribution in [0.15, 0.2) is 91.0 Å². The molecule has 1 nitrogen and oxygen atoms in total. The van der Waals surface area contributed by atoms with E-state index in [1.165, 1.54) is 15.6 Å². The zero-order chi connectivity index (χ0) is 23.7. The number of aliphatic hydroxyl groups excluding tert-OH is 1. The molecular formula is C30H38OSi2. The quantitative estimate of drug-likeness (QED) is 0.254. The minimum absolute atomic E-state index is 0.0864. The Balaban J connectivity index is 2.32. The molecular weight excluding hydrogens is 433 g/mol. The maximum Gasteiger partial charge on any atom is 0.163 e. The molecule has 0 saturated heterocycles. The topological polar surface area (TPSA) is 20.2 Å². The number of rotatable bonds is 9. The summed E-state index contributed by atoms with van der Waals surface area (Å²) in [7, 11) is -4.16. The lowest BCUT2D eigenvalue weighted by Crippen LogP contribution is -2.70. The Hall–Kier alpha value is -2.39. The highest BCUT2D eigenvalue weighted by atomic mass is 28.3. The number of hydrogen-bond donors (Lipinski definition) is 1. The van der Waals surface area contributed by atoms with Crippen LogP contribution in [0.1, 0.15) is 32.6 Å². The molecule has 0 fully saturated rings. The van der Waals surface area contributed by atoms with Crippen molar-refractivity contribution in [1.82, 2.24) is 0 Å². The summed E-state index contributed by atoms with van der Waals surface area (Å²) in [4.78, 5) is 0. The predicted molar refractivity (Wildman–Crippen MR) is 149 cm³/mol. The normalized spacial score (nSPS) is 13.6. The van der Waals surface area contributed by atoms with E-state index in [0.717, 1.165) is 19.3 Å². The number of hydrogen-bond acceptors (Lipinski definition) is 1. The summed E-state index contributed by atoms with van der Waals surface area (Å²) in [5.74, 6) is 3.82. The SMILES string of the molecule is CCCC[C@@H](O)C[C@H](C#C[Si](C)(C)C)[Si](c1ccccc1)(c1ccccc1)c1ccccc1. The van der Waals surface area contributed by atoms with E-state index in [1.54, 1.807) is 0 Å². The van der Waals surface area contributed by atoms with Crippen LogP contribution in [0.2, 0.25) is 25.2 Å². The molecule has 0 spiro atoms.